The molecule has 1 atom stereocenters. The first kappa shape index (κ1) is 78.7. The lowest BCUT2D eigenvalue weighted by molar-refractivity contribution is -0.161. The summed E-state index contributed by atoms with van der Waals surface area (Å²) in [5.41, 5.74) is 0. The first-order valence-electron chi connectivity index (χ1n) is 34.0. The fourth-order valence-electron chi connectivity index (χ4n) is 8.88. The maximum atomic E-state index is 12.4. The standard InChI is InChI=1S/C79H124O5/c1-3-5-7-9-11-13-15-17-19-21-23-25-27-29-31-33-35-37-39-41-43-45-47-49-51-53-55-57-59-61-63-65-67-69-71-73-78(81)83-76-77(75-80)84-79(82)74-72-70-68-66-64-62-60-58-56-54-52-50-48-46-44-42-40-38-36-34-32-30-28-26-24-22-20-18-16-14-12-10-8-6-4-2/h5-8,11-14,17-20,23-26,29-32,35-38,42,44,48,50,54,56,60,62,77,80H,3-4,9-10,15-16,21-22,27-28,33-34,39-41,43,45-47,49,51-53,55,57-59,61,63-76H2,1-2H3/b7-5-,8-6-,13-11-,14-12-,19-17-,20-18-,25-23-,26-24-,31-29-,32-30-,37-35-,38-36-,44-42-,50-48-,56-54-,62-60-. The minimum absolute atomic E-state index is 0.0873. The third kappa shape index (κ3) is 69.2. The van der Waals surface area contributed by atoms with Crippen LogP contribution in [0.5, 0.6) is 0 Å². The van der Waals surface area contributed by atoms with Crippen LogP contribution in [0.3, 0.4) is 0 Å². The van der Waals surface area contributed by atoms with Crippen molar-refractivity contribution in [3.8, 4) is 0 Å². The van der Waals surface area contributed by atoms with Gasteiger partial charge in [-0.25, -0.2) is 0 Å². The molecule has 0 aliphatic rings. The van der Waals surface area contributed by atoms with Gasteiger partial charge in [0.25, 0.3) is 0 Å². The van der Waals surface area contributed by atoms with E-state index in [4.69, 9.17) is 9.47 Å². The Morgan fingerprint density at radius 2 is 0.476 bits per heavy atom. The van der Waals surface area contributed by atoms with Crippen LogP contribution in [0, 0.1) is 0 Å². The summed E-state index contributed by atoms with van der Waals surface area (Å²) in [7, 11) is 0. The highest BCUT2D eigenvalue weighted by molar-refractivity contribution is 5.70. The number of hydrogen-bond donors (Lipinski definition) is 1. The number of aliphatic hydroxyl groups excluding tert-OH is 1. The van der Waals surface area contributed by atoms with Crippen molar-refractivity contribution in [1.82, 2.24) is 0 Å². The van der Waals surface area contributed by atoms with Crippen molar-refractivity contribution < 1.29 is 24.2 Å². The van der Waals surface area contributed by atoms with Crippen molar-refractivity contribution in [3.05, 3.63) is 194 Å². The summed E-state index contributed by atoms with van der Waals surface area (Å²) in [6, 6.07) is 0. The van der Waals surface area contributed by atoms with E-state index in [0.717, 1.165) is 154 Å². The van der Waals surface area contributed by atoms with Crippen molar-refractivity contribution in [2.24, 2.45) is 0 Å². The van der Waals surface area contributed by atoms with E-state index >= 15 is 0 Å². The number of aliphatic hydroxyl groups is 1. The molecular formula is C79H124O5. The second kappa shape index (κ2) is 72.0. The molecule has 0 aliphatic heterocycles. The summed E-state index contributed by atoms with van der Waals surface area (Å²) >= 11 is 0. The monoisotopic (exact) mass is 1150 g/mol. The molecule has 0 saturated heterocycles. The lowest BCUT2D eigenvalue weighted by Gasteiger charge is -2.15. The summed E-state index contributed by atoms with van der Waals surface area (Å²) < 4.78 is 10.7. The molecule has 0 aromatic heterocycles. The second-order valence-corrected chi connectivity index (χ2v) is 21.8. The number of ether oxygens (including phenoxy) is 2. The molecular weight excluding hydrogens is 1030 g/mol. The molecule has 5 nitrogen and oxygen atoms in total. The molecule has 0 aliphatic carbocycles. The zero-order valence-corrected chi connectivity index (χ0v) is 53.8. The summed E-state index contributed by atoms with van der Waals surface area (Å²) in [6.07, 6.45) is 114. The third-order valence-corrected chi connectivity index (χ3v) is 13.9. The quantitative estimate of drug-likeness (QED) is 0.0373. The van der Waals surface area contributed by atoms with Crippen molar-refractivity contribution in [1.29, 1.82) is 0 Å². The van der Waals surface area contributed by atoms with Gasteiger partial charge in [0, 0.05) is 12.8 Å². The Hall–Kier alpha value is -5.26. The van der Waals surface area contributed by atoms with Gasteiger partial charge in [-0.3, -0.25) is 9.59 Å². The van der Waals surface area contributed by atoms with E-state index in [1.807, 2.05) is 0 Å². The normalized spacial score (nSPS) is 13.5. The Bertz CT molecular complexity index is 1930. The lowest BCUT2D eigenvalue weighted by Crippen LogP contribution is -2.28. The molecule has 0 saturated carbocycles. The van der Waals surface area contributed by atoms with E-state index in [2.05, 4.69) is 208 Å². The largest absolute Gasteiger partial charge is 0.462 e. The van der Waals surface area contributed by atoms with Gasteiger partial charge in [-0.15, -0.1) is 0 Å². The van der Waals surface area contributed by atoms with E-state index in [0.29, 0.717) is 12.8 Å². The first-order chi connectivity index (χ1) is 41.6. The van der Waals surface area contributed by atoms with Crippen LogP contribution in [0.2, 0.25) is 0 Å². The van der Waals surface area contributed by atoms with Gasteiger partial charge in [-0.05, 0) is 141 Å². The van der Waals surface area contributed by atoms with Crippen molar-refractivity contribution in [3.63, 3.8) is 0 Å². The average molecular weight is 1150 g/mol. The zero-order chi connectivity index (χ0) is 60.5. The minimum atomic E-state index is -0.801. The van der Waals surface area contributed by atoms with E-state index in [-0.39, 0.29) is 25.2 Å². The van der Waals surface area contributed by atoms with Crippen LogP contribution in [0.25, 0.3) is 0 Å². The Balaban J connectivity index is 3.60. The maximum absolute atomic E-state index is 12.4. The van der Waals surface area contributed by atoms with Crippen molar-refractivity contribution in [2.75, 3.05) is 13.2 Å². The van der Waals surface area contributed by atoms with Gasteiger partial charge in [0.1, 0.15) is 6.61 Å². The van der Waals surface area contributed by atoms with Crippen LogP contribution in [-0.2, 0) is 19.1 Å². The highest BCUT2D eigenvalue weighted by Gasteiger charge is 2.16. The van der Waals surface area contributed by atoms with Gasteiger partial charge in [0.05, 0.1) is 6.61 Å². The molecule has 0 fully saturated rings. The van der Waals surface area contributed by atoms with Crippen LogP contribution in [-0.4, -0.2) is 36.4 Å². The fraction of sp³-hybridized carbons (Fsp3) is 0.570. The topological polar surface area (TPSA) is 72.8 Å². The average Bonchev–Trinajstić information content (AvgIpc) is 3.51. The first-order valence-corrected chi connectivity index (χ1v) is 34.0. The number of rotatable bonds is 60. The number of unbranched alkanes of at least 4 members (excludes halogenated alkanes) is 20. The zero-order valence-electron chi connectivity index (χ0n) is 53.8. The van der Waals surface area contributed by atoms with Gasteiger partial charge in [-0.2, -0.15) is 0 Å². The SMILES string of the molecule is CC/C=C\C/C=C\C/C=C\C/C=C\C/C=C\C/C=C\C/C=C\C/C=C\C/C=C\C/C=C\CCCCCCC(=O)OC(CO)COC(=O)CCCCCCCCCCCCCCCCCC/C=C\C/C=C\C/C=C\C/C=C\C/C=C\C/C=C\CC. The van der Waals surface area contributed by atoms with Crippen LogP contribution >= 0.6 is 0 Å². The summed E-state index contributed by atoms with van der Waals surface area (Å²) in [5, 5.41) is 9.70. The molecule has 0 aromatic carbocycles. The number of carbonyl (C=O) groups excluding carboxylic acids is 2. The van der Waals surface area contributed by atoms with Gasteiger partial charge in [0.15, 0.2) is 6.10 Å². The Morgan fingerprint density at radius 1 is 0.274 bits per heavy atom. The van der Waals surface area contributed by atoms with Crippen LogP contribution in [0.4, 0.5) is 0 Å². The molecule has 0 aromatic rings. The highest BCUT2D eigenvalue weighted by Crippen LogP contribution is 2.16. The van der Waals surface area contributed by atoms with Crippen LogP contribution in [0.1, 0.15) is 271 Å². The van der Waals surface area contributed by atoms with E-state index in [1.165, 1.54) is 89.9 Å². The number of esters is 2. The van der Waals surface area contributed by atoms with Crippen LogP contribution in [0.15, 0.2) is 194 Å². The smallest absolute Gasteiger partial charge is 0.306 e. The molecule has 470 valence electrons. The summed E-state index contributed by atoms with van der Waals surface area (Å²) in [4.78, 5) is 24.6. The Morgan fingerprint density at radius 3 is 0.714 bits per heavy atom. The predicted molar refractivity (Wildman–Crippen MR) is 370 cm³/mol. The van der Waals surface area contributed by atoms with Crippen molar-refractivity contribution in [2.45, 2.75) is 277 Å². The fourth-order valence-corrected chi connectivity index (χ4v) is 8.88. The molecule has 1 N–H and O–H groups in total. The number of allylic oxidation sites excluding steroid dienone is 32. The molecule has 1 unspecified atom stereocenters. The van der Waals surface area contributed by atoms with E-state index < -0.39 is 6.10 Å². The van der Waals surface area contributed by atoms with E-state index in [9.17, 15) is 14.7 Å². The lowest BCUT2D eigenvalue weighted by atomic mass is 10.0. The Labute approximate surface area is 518 Å². The highest BCUT2D eigenvalue weighted by atomic mass is 16.6. The molecule has 0 spiro atoms. The predicted octanol–water partition coefficient (Wildman–Crippen LogP) is 24.0. The minimum Gasteiger partial charge on any atom is -0.462 e. The molecule has 0 heterocycles. The van der Waals surface area contributed by atoms with Gasteiger partial charge in [0.2, 0.25) is 0 Å². The molecule has 0 amide bonds. The molecule has 0 radical (unpaired) electrons. The summed E-state index contributed by atoms with van der Waals surface area (Å²) in [6.45, 7) is 3.89. The maximum Gasteiger partial charge on any atom is 0.306 e. The molecule has 0 rings (SSSR count). The number of carbonyl (C=O) groups is 2. The van der Waals surface area contributed by atoms with Crippen molar-refractivity contribution >= 4 is 11.9 Å². The third-order valence-electron chi connectivity index (χ3n) is 13.9. The van der Waals surface area contributed by atoms with Gasteiger partial charge < -0.3 is 14.6 Å². The van der Waals surface area contributed by atoms with Gasteiger partial charge >= 0.3 is 11.9 Å². The van der Waals surface area contributed by atoms with Crippen LogP contribution < -0.4 is 0 Å². The summed E-state index contributed by atoms with van der Waals surface area (Å²) in [5.74, 6) is -0.628. The Kier molecular flexibility index (Phi) is 67.5. The molecule has 84 heavy (non-hydrogen) atoms. The van der Waals surface area contributed by atoms with Gasteiger partial charge in [-0.1, -0.05) is 311 Å². The van der Waals surface area contributed by atoms with E-state index in [1.54, 1.807) is 0 Å². The second-order valence-electron chi connectivity index (χ2n) is 21.8. The number of hydrogen-bond acceptors (Lipinski definition) is 5. The molecule has 5 heteroatoms. The molecule has 0 bridgehead atoms.